The van der Waals surface area contributed by atoms with E-state index < -0.39 is 0 Å². The van der Waals surface area contributed by atoms with E-state index in [1.54, 1.807) is 18.2 Å². The lowest BCUT2D eigenvalue weighted by atomic mass is 10.1. The summed E-state index contributed by atoms with van der Waals surface area (Å²) in [6, 6.07) is 14.5. The summed E-state index contributed by atoms with van der Waals surface area (Å²) < 4.78 is 0. The van der Waals surface area contributed by atoms with Gasteiger partial charge >= 0.3 is 0 Å². The molecule has 0 unspecified atom stereocenters. The molecular weight excluding hydrogens is 290 g/mol. The Morgan fingerprint density at radius 3 is 2.48 bits per heavy atom. The van der Waals surface area contributed by atoms with Gasteiger partial charge in [0.05, 0.1) is 10.9 Å². The van der Waals surface area contributed by atoms with Crippen molar-refractivity contribution in [3.05, 3.63) is 58.9 Å². The maximum atomic E-state index is 12.1. The molecule has 5 heteroatoms. The molecule has 0 aliphatic heterocycles. The number of H-pyrrole nitrogens is 1. The van der Waals surface area contributed by atoms with E-state index in [1.807, 2.05) is 44.2 Å². The van der Waals surface area contributed by atoms with Crippen molar-refractivity contribution in [2.45, 2.75) is 13.8 Å². The van der Waals surface area contributed by atoms with Crippen LogP contribution in [0.2, 0.25) is 0 Å². The van der Waals surface area contributed by atoms with Crippen LogP contribution >= 0.6 is 0 Å². The summed E-state index contributed by atoms with van der Waals surface area (Å²) in [5.41, 5.74) is 2.00. The van der Waals surface area contributed by atoms with Gasteiger partial charge in [-0.25, -0.2) is 4.98 Å². The molecule has 0 saturated carbocycles. The minimum Gasteiger partial charge on any atom is -0.326 e. The summed E-state index contributed by atoms with van der Waals surface area (Å²) >= 11 is 0. The topological polar surface area (TPSA) is 74.8 Å². The van der Waals surface area contributed by atoms with Crippen molar-refractivity contribution in [2.75, 3.05) is 5.32 Å². The van der Waals surface area contributed by atoms with Gasteiger partial charge in [0.1, 0.15) is 5.82 Å². The Labute approximate surface area is 133 Å². The molecule has 1 heterocycles. The predicted octanol–water partition coefficient (Wildman–Crippen LogP) is 3.18. The number of amides is 1. The number of anilines is 1. The Hall–Kier alpha value is -2.95. The lowest BCUT2D eigenvalue weighted by Gasteiger charge is -2.08. The molecule has 0 saturated heterocycles. The van der Waals surface area contributed by atoms with Gasteiger partial charge in [-0.05, 0) is 36.4 Å². The van der Waals surface area contributed by atoms with Crippen LogP contribution in [-0.4, -0.2) is 15.9 Å². The first-order chi connectivity index (χ1) is 11.0. The third-order valence-electron chi connectivity index (χ3n) is 3.56. The second kappa shape index (κ2) is 6.04. The average Bonchev–Trinajstić information content (AvgIpc) is 2.55. The molecule has 0 radical (unpaired) electrons. The van der Waals surface area contributed by atoms with Gasteiger partial charge in [-0.3, -0.25) is 9.59 Å². The fraction of sp³-hybridized carbons (Fsp3) is 0.167. The van der Waals surface area contributed by atoms with Gasteiger partial charge in [-0.2, -0.15) is 0 Å². The highest BCUT2D eigenvalue weighted by Gasteiger charge is 2.08. The first kappa shape index (κ1) is 15.0. The first-order valence-corrected chi connectivity index (χ1v) is 7.45. The number of rotatable bonds is 3. The number of benzene rings is 2. The van der Waals surface area contributed by atoms with Crippen LogP contribution in [0.1, 0.15) is 13.8 Å². The van der Waals surface area contributed by atoms with Crippen LogP contribution in [0.3, 0.4) is 0 Å². The average molecular weight is 307 g/mol. The van der Waals surface area contributed by atoms with Gasteiger partial charge in [0.2, 0.25) is 5.91 Å². The van der Waals surface area contributed by atoms with Crippen LogP contribution in [0.4, 0.5) is 5.69 Å². The molecule has 3 rings (SSSR count). The number of hydrogen-bond acceptors (Lipinski definition) is 3. The zero-order valence-electron chi connectivity index (χ0n) is 13.0. The van der Waals surface area contributed by atoms with Gasteiger partial charge < -0.3 is 10.3 Å². The van der Waals surface area contributed by atoms with Gasteiger partial charge in [0.15, 0.2) is 0 Å². The van der Waals surface area contributed by atoms with Gasteiger partial charge in [0, 0.05) is 17.2 Å². The molecule has 2 N–H and O–H groups in total. The van der Waals surface area contributed by atoms with Gasteiger partial charge in [-0.15, -0.1) is 0 Å². The monoisotopic (exact) mass is 307 g/mol. The van der Waals surface area contributed by atoms with Crippen molar-refractivity contribution >= 4 is 22.5 Å². The predicted molar refractivity (Wildman–Crippen MR) is 91.3 cm³/mol. The minimum atomic E-state index is -0.164. The Morgan fingerprint density at radius 1 is 1.09 bits per heavy atom. The number of hydrogen-bond donors (Lipinski definition) is 2. The van der Waals surface area contributed by atoms with E-state index in [1.165, 1.54) is 0 Å². The molecule has 116 valence electrons. The minimum absolute atomic E-state index is 0.0324. The second-order valence-corrected chi connectivity index (χ2v) is 5.65. The summed E-state index contributed by atoms with van der Waals surface area (Å²) in [6.45, 7) is 3.68. The summed E-state index contributed by atoms with van der Waals surface area (Å²) in [7, 11) is 0. The van der Waals surface area contributed by atoms with Crippen LogP contribution in [0, 0.1) is 5.92 Å². The zero-order chi connectivity index (χ0) is 16.4. The van der Waals surface area contributed by atoms with Crippen LogP contribution < -0.4 is 10.9 Å². The van der Waals surface area contributed by atoms with Crippen molar-refractivity contribution < 1.29 is 4.79 Å². The molecule has 5 nitrogen and oxygen atoms in total. The first-order valence-electron chi connectivity index (χ1n) is 7.45. The third kappa shape index (κ3) is 3.13. The molecule has 3 aromatic rings. The number of aromatic nitrogens is 2. The molecule has 0 aliphatic carbocycles. The number of nitrogens with zero attached hydrogens (tertiary/aromatic N) is 1. The largest absolute Gasteiger partial charge is 0.326 e. The fourth-order valence-corrected chi connectivity index (χ4v) is 2.22. The Morgan fingerprint density at radius 2 is 1.78 bits per heavy atom. The van der Waals surface area contributed by atoms with Crippen molar-refractivity contribution in [1.29, 1.82) is 0 Å². The van der Waals surface area contributed by atoms with Crippen LogP contribution in [0.5, 0.6) is 0 Å². The van der Waals surface area contributed by atoms with Gasteiger partial charge in [0.25, 0.3) is 5.56 Å². The number of aromatic amines is 1. The van der Waals surface area contributed by atoms with E-state index in [4.69, 9.17) is 0 Å². The number of fused-ring (bicyclic) bond motifs is 1. The van der Waals surface area contributed by atoms with E-state index in [2.05, 4.69) is 15.3 Å². The van der Waals surface area contributed by atoms with Crippen LogP contribution in [0.25, 0.3) is 22.3 Å². The van der Waals surface area contributed by atoms with Crippen LogP contribution in [-0.2, 0) is 4.79 Å². The molecule has 0 atom stereocenters. The zero-order valence-corrected chi connectivity index (χ0v) is 13.0. The highest BCUT2D eigenvalue weighted by Crippen LogP contribution is 2.19. The van der Waals surface area contributed by atoms with Gasteiger partial charge in [-0.1, -0.05) is 26.0 Å². The molecule has 0 fully saturated rings. The standard InChI is InChI=1S/C18H17N3O2/c1-11(2)17(22)19-13-9-7-12(8-10-13)16-20-15-6-4-3-5-14(15)18(23)21-16/h3-11H,1-2H3,(H,19,22)(H,20,21,23). The maximum absolute atomic E-state index is 12.1. The Bertz CT molecular complexity index is 911. The summed E-state index contributed by atoms with van der Waals surface area (Å²) in [6.07, 6.45) is 0. The Balaban J connectivity index is 1.93. The maximum Gasteiger partial charge on any atom is 0.259 e. The van der Waals surface area contributed by atoms with Crippen molar-refractivity contribution in [1.82, 2.24) is 9.97 Å². The van der Waals surface area contributed by atoms with Crippen LogP contribution in [0.15, 0.2) is 53.3 Å². The van der Waals surface area contributed by atoms with E-state index in [-0.39, 0.29) is 17.4 Å². The van der Waals surface area contributed by atoms with Crippen molar-refractivity contribution in [2.24, 2.45) is 5.92 Å². The molecule has 1 amide bonds. The van der Waals surface area contributed by atoms with E-state index in [0.717, 1.165) is 11.3 Å². The summed E-state index contributed by atoms with van der Waals surface area (Å²) in [5, 5.41) is 3.40. The highest BCUT2D eigenvalue weighted by molar-refractivity contribution is 5.92. The lowest BCUT2D eigenvalue weighted by molar-refractivity contribution is -0.118. The molecule has 0 aliphatic rings. The molecule has 2 aromatic carbocycles. The molecule has 23 heavy (non-hydrogen) atoms. The second-order valence-electron chi connectivity index (χ2n) is 5.65. The number of para-hydroxylation sites is 1. The SMILES string of the molecule is CC(C)C(=O)Nc1ccc(-c2nc3ccccc3c(=O)[nH]2)cc1. The molecule has 1 aromatic heterocycles. The molecular formula is C18H17N3O2. The number of carbonyl (C=O) groups is 1. The third-order valence-corrected chi connectivity index (χ3v) is 3.56. The normalized spacial score (nSPS) is 10.9. The van der Waals surface area contributed by atoms with Crippen molar-refractivity contribution in [3.63, 3.8) is 0 Å². The fourth-order valence-electron chi connectivity index (χ4n) is 2.22. The van der Waals surface area contributed by atoms with E-state index >= 15 is 0 Å². The molecule has 0 spiro atoms. The number of carbonyl (C=O) groups excluding carboxylic acids is 1. The van der Waals surface area contributed by atoms with E-state index in [9.17, 15) is 9.59 Å². The summed E-state index contributed by atoms with van der Waals surface area (Å²) in [4.78, 5) is 31.1. The van der Waals surface area contributed by atoms with E-state index in [0.29, 0.717) is 16.7 Å². The quantitative estimate of drug-likeness (QED) is 0.780. The Kier molecular flexibility index (Phi) is 3.93. The highest BCUT2D eigenvalue weighted by atomic mass is 16.1. The number of nitrogens with one attached hydrogen (secondary N) is 2. The summed E-state index contributed by atoms with van der Waals surface area (Å²) in [5.74, 6) is 0.401. The van der Waals surface area contributed by atoms with Crippen molar-refractivity contribution in [3.8, 4) is 11.4 Å². The smallest absolute Gasteiger partial charge is 0.259 e. The molecule has 0 bridgehead atoms. The lowest BCUT2D eigenvalue weighted by Crippen LogP contribution is -2.17.